The number of halogens is 1. The summed E-state index contributed by atoms with van der Waals surface area (Å²) in [5, 5.41) is 3.41. The quantitative estimate of drug-likeness (QED) is 0.318. The molecule has 0 radical (unpaired) electrons. The van der Waals surface area contributed by atoms with Crippen molar-refractivity contribution < 1.29 is 8.42 Å². The van der Waals surface area contributed by atoms with Crippen molar-refractivity contribution in [2.24, 2.45) is 16.8 Å². The topological polar surface area (TPSA) is 73.8 Å². The molecule has 2 rings (SSSR count). The minimum Gasteiger partial charge on any atom is -0.357 e. The third-order valence-corrected chi connectivity index (χ3v) is 6.25. The number of piperidine rings is 1. The molecule has 0 spiro atoms. The largest absolute Gasteiger partial charge is 0.357 e. The highest BCUT2D eigenvalue weighted by Crippen LogP contribution is 2.21. The summed E-state index contributed by atoms with van der Waals surface area (Å²) in [7, 11) is -3.30. The summed E-state index contributed by atoms with van der Waals surface area (Å²) >= 11 is 0. The Balaban J connectivity index is 0.00000420. The van der Waals surface area contributed by atoms with E-state index < -0.39 is 10.0 Å². The van der Waals surface area contributed by atoms with Crippen molar-refractivity contribution in [2.75, 3.05) is 19.6 Å². The highest BCUT2D eigenvalue weighted by molar-refractivity contribution is 14.0. The number of hydrogen-bond acceptors (Lipinski definition) is 3. The molecule has 1 aromatic rings. The van der Waals surface area contributed by atoms with Crippen molar-refractivity contribution in [3.63, 3.8) is 0 Å². The number of rotatable bonds is 7. The van der Waals surface area contributed by atoms with Crippen LogP contribution in [0.4, 0.5) is 0 Å². The zero-order valence-corrected chi connectivity index (χ0v) is 21.5. The highest BCUT2D eigenvalue weighted by Gasteiger charge is 2.23. The van der Waals surface area contributed by atoms with Gasteiger partial charge >= 0.3 is 0 Å². The van der Waals surface area contributed by atoms with Crippen LogP contribution in [0.2, 0.25) is 0 Å². The van der Waals surface area contributed by atoms with Crippen LogP contribution in [0.25, 0.3) is 0 Å². The summed E-state index contributed by atoms with van der Waals surface area (Å²) in [6.07, 6.45) is 1.27. The molecular formula is C21H37IN4O2S. The molecule has 1 saturated heterocycles. The first-order valence-electron chi connectivity index (χ1n) is 10.3. The zero-order chi connectivity index (χ0) is 20.7. The summed E-state index contributed by atoms with van der Waals surface area (Å²) in [4.78, 5) is 7.18. The van der Waals surface area contributed by atoms with Gasteiger partial charge in [0.15, 0.2) is 5.96 Å². The SMILES string of the molecule is CCNC(=NCc1ccc(CS(=O)(=O)NC(C)C)cc1)N1CC(C)CC(C)C1.I. The molecule has 1 heterocycles. The molecule has 2 N–H and O–H groups in total. The molecule has 0 saturated carbocycles. The Morgan fingerprint density at radius 2 is 1.69 bits per heavy atom. The number of hydrogen-bond donors (Lipinski definition) is 2. The Hall–Kier alpha value is -0.870. The number of nitrogens with one attached hydrogen (secondary N) is 2. The third kappa shape index (κ3) is 9.21. The van der Waals surface area contributed by atoms with E-state index in [1.807, 2.05) is 38.1 Å². The van der Waals surface area contributed by atoms with Crippen LogP contribution in [0.5, 0.6) is 0 Å². The van der Waals surface area contributed by atoms with Crippen LogP contribution in [-0.4, -0.2) is 45.0 Å². The first-order valence-corrected chi connectivity index (χ1v) is 11.9. The summed E-state index contributed by atoms with van der Waals surface area (Å²) in [5.41, 5.74) is 1.86. The fourth-order valence-electron chi connectivity index (χ4n) is 3.79. The van der Waals surface area contributed by atoms with Gasteiger partial charge in [-0.15, -0.1) is 24.0 Å². The molecule has 1 aliphatic rings. The number of likely N-dealkylation sites (tertiary alicyclic amines) is 1. The smallest absolute Gasteiger partial charge is 0.216 e. The van der Waals surface area contributed by atoms with E-state index in [-0.39, 0.29) is 35.8 Å². The number of sulfonamides is 1. The molecule has 166 valence electrons. The van der Waals surface area contributed by atoms with E-state index in [0.29, 0.717) is 18.4 Å². The molecule has 0 bridgehead atoms. The van der Waals surface area contributed by atoms with E-state index in [1.54, 1.807) is 0 Å². The molecule has 1 aliphatic heterocycles. The molecule has 0 aromatic heterocycles. The predicted molar refractivity (Wildman–Crippen MR) is 132 cm³/mol. The first kappa shape index (κ1) is 26.2. The van der Waals surface area contributed by atoms with Gasteiger partial charge in [-0.25, -0.2) is 18.1 Å². The van der Waals surface area contributed by atoms with Crippen molar-refractivity contribution in [3.05, 3.63) is 35.4 Å². The Kier molecular flexibility index (Phi) is 10.9. The minimum atomic E-state index is -3.30. The second kappa shape index (κ2) is 12.1. The van der Waals surface area contributed by atoms with Gasteiger partial charge in [0.2, 0.25) is 10.0 Å². The van der Waals surface area contributed by atoms with Gasteiger partial charge in [-0.05, 0) is 50.2 Å². The molecule has 1 aromatic carbocycles. The Morgan fingerprint density at radius 1 is 1.14 bits per heavy atom. The summed E-state index contributed by atoms with van der Waals surface area (Å²) in [6.45, 7) is 13.8. The Morgan fingerprint density at radius 3 is 2.21 bits per heavy atom. The number of benzene rings is 1. The van der Waals surface area contributed by atoms with Crippen LogP contribution >= 0.6 is 24.0 Å². The molecular weight excluding hydrogens is 499 g/mol. The maximum Gasteiger partial charge on any atom is 0.216 e. The second-order valence-electron chi connectivity index (χ2n) is 8.37. The lowest BCUT2D eigenvalue weighted by molar-refractivity contribution is 0.208. The molecule has 0 aliphatic carbocycles. The summed E-state index contributed by atoms with van der Waals surface area (Å²) in [5.74, 6) is 2.32. The summed E-state index contributed by atoms with van der Waals surface area (Å²) < 4.78 is 26.7. The molecule has 8 heteroatoms. The predicted octanol–water partition coefficient (Wildman–Crippen LogP) is 3.58. The molecule has 2 atom stereocenters. The molecule has 29 heavy (non-hydrogen) atoms. The lowest BCUT2D eigenvalue weighted by Crippen LogP contribution is -2.48. The van der Waals surface area contributed by atoms with Crippen molar-refractivity contribution in [3.8, 4) is 0 Å². The van der Waals surface area contributed by atoms with Crippen molar-refractivity contribution >= 4 is 40.0 Å². The number of guanidine groups is 1. The van der Waals surface area contributed by atoms with Gasteiger partial charge < -0.3 is 10.2 Å². The van der Waals surface area contributed by atoms with E-state index in [4.69, 9.17) is 4.99 Å². The fraction of sp³-hybridized carbons (Fsp3) is 0.667. The minimum absolute atomic E-state index is 0. The van der Waals surface area contributed by atoms with Crippen LogP contribution in [-0.2, 0) is 22.3 Å². The maximum atomic E-state index is 12.1. The second-order valence-corrected chi connectivity index (χ2v) is 10.1. The number of nitrogens with zero attached hydrogens (tertiary/aromatic N) is 2. The normalized spacial score (nSPS) is 20.5. The van der Waals surface area contributed by atoms with Gasteiger partial charge in [-0.3, -0.25) is 0 Å². The van der Waals surface area contributed by atoms with E-state index in [2.05, 4.69) is 35.7 Å². The average Bonchev–Trinajstić information content (AvgIpc) is 2.57. The van der Waals surface area contributed by atoms with Crippen LogP contribution in [0.3, 0.4) is 0 Å². The van der Waals surface area contributed by atoms with Gasteiger partial charge in [0.1, 0.15) is 0 Å². The number of aliphatic imine (C=N–C) groups is 1. The van der Waals surface area contributed by atoms with Gasteiger partial charge in [0.05, 0.1) is 12.3 Å². The monoisotopic (exact) mass is 536 g/mol. The standard InChI is InChI=1S/C21H36N4O2S.HI/c1-6-22-21(25-13-17(4)11-18(5)14-25)23-12-19-7-9-20(10-8-19)15-28(26,27)24-16(2)3;/h7-10,16-18,24H,6,11-15H2,1-5H3,(H,22,23);1H. The van der Waals surface area contributed by atoms with E-state index in [9.17, 15) is 8.42 Å². The van der Waals surface area contributed by atoms with Gasteiger partial charge in [-0.1, -0.05) is 38.1 Å². The van der Waals surface area contributed by atoms with Crippen LogP contribution in [0.1, 0.15) is 52.2 Å². The molecule has 0 amide bonds. The van der Waals surface area contributed by atoms with Crippen LogP contribution in [0.15, 0.2) is 29.3 Å². The molecule has 2 unspecified atom stereocenters. The molecule has 1 fully saturated rings. The van der Waals surface area contributed by atoms with E-state index >= 15 is 0 Å². The summed E-state index contributed by atoms with van der Waals surface area (Å²) in [6, 6.07) is 7.59. The van der Waals surface area contributed by atoms with Crippen molar-refractivity contribution in [1.29, 1.82) is 0 Å². The zero-order valence-electron chi connectivity index (χ0n) is 18.3. The Labute approximate surface area is 194 Å². The third-order valence-electron chi connectivity index (χ3n) is 4.71. The van der Waals surface area contributed by atoms with Gasteiger partial charge in [-0.2, -0.15) is 0 Å². The van der Waals surface area contributed by atoms with Crippen LogP contribution in [0, 0.1) is 11.8 Å². The lowest BCUT2D eigenvalue weighted by atomic mass is 9.92. The van der Waals surface area contributed by atoms with Crippen molar-refractivity contribution in [2.45, 2.75) is 59.4 Å². The van der Waals surface area contributed by atoms with Gasteiger partial charge in [0, 0.05) is 25.7 Å². The highest BCUT2D eigenvalue weighted by atomic mass is 127. The first-order chi connectivity index (χ1) is 13.2. The van der Waals surface area contributed by atoms with Crippen molar-refractivity contribution in [1.82, 2.24) is 14.9 Å². The van der Waals surface area contributed by atoms with Gasteiger partial charge in [0.25, 0.3) is 0 Å². The fourth-order valence-corrected chi connectivity index (χ4v) is 5.22. The maximum absolute atomic E-state index is 12.1. The van der Waals surface area contributed by atoms with Crippen LogP contribution < -0.4 is 10.0 Å². The van der Waals surface area contributed by atoms with E-state index in [0.717, 1.165) is 36.7 Å². The van der Waals surface area contributed by atoms with E-state index in [1.165, 1.54) is 6.42 Å². The molecule has 6 nitrogen and oxygen atoms in total. The lowest BCUT2D eigenvalue weighted by Gasteiger charge is -2.37. The average molecular weight is 537 g/mol. The Bertz CT molecular complexity index is 740.